The summed E-state index contributed by atoms with van der Waals surface area (Å²) < 4.78 is 5.17. The van der Waals surface area contributed by atoms with Gasteiger partial charge in [-0.15, -0.1) is 11.3 Å². The molecule has 0 bridgehead atoms. The Balaban J connectivity index is 1.36. The number of carbonyl (C=O) groups excluding carboxylic acids is 2. The minimum absolute atomic E-state index is 0.0677. The van der Waals surface area contributed by atoms with Gasteiger partial charge in [-0.25, -0.2) is 4.98 Å². The highest BCUT2D eigenvalue weighted by molar-refractivity contribution is 7.15. The molecule has 0 radical (unpaired) electrons. The molecule has 144 valence electrons. The van der Waals surface area contributed by atoms with Crippen LogP contribution in [-0.4, -0.2) is 57.8 Å². The number of pyridine rings is 1. The van der Waals surface area contributed by atoms with Crippen LogP contribution in [0.4, 0.5) is 0 Å². The van der Waals surface area contributed by atoms with E-state index in [2.05, 4.69) is 9.97 Å². The van der Waals surface area contributed by atoms with Crippen molar-refractivity contribution in [3.63, 3.8) is 0 Å². The molecule has 0 aromatic carbocycles. The van der Waals surface area contributed by atoms with E-state index in [1.165, 1.54) is 6.26 Å². The number of thiazole rings is 1. The van der Waals surface area contributed by atoms with Gasteiger partial charge in [0, 0.05) is 49.0 Å². The Bertz CT molecular complexity index is 961. The molecule has 1 aliphatic rings. The molecular weight excluding hydrogens is 376 g/mol. The van der Waals surface area contributed by atoms with Gasteiger partial charge in [-0.3, -0.25) is 14.6 Å². The molecule has 0 aliphatic carbocycles. The van der Waals surface area contributed by atoms with Crippen LogP contribution >= 0.6 is 11.3 Å². The van der Waals surface area contributed by atoms with Crippen LogP contribution in [0.25, 0.3) is 10.6 Å². The Morgan fingerprint density at radius 3 is 2.50 bits per heavy atom. The normalized spacial score (nSPS) is 14.3. The van der Waals surface area contributed by atoms with E-state index in [-0.39, 0.29) is 11.8 Å². The van der Waals surface area contributed by atoms with Crippen LogP contribution in [0.1, 0.15) is 21.1 Å². The summed E-state index contributed by atoms with van der Waals surface area (Å²) in [5.41, 5.74) is 1.89. The molecule has 7 nitrogen and oxygen atoms in total. The van der Waals surface area contributed by atoms with Gasteiger partial charge in [-0.1, -0.05) is 0 Å². The van der Waals surface area contributed by atoms with E-state index in [1.807, 2.05) is 24.0 Å². The average molecular weight is 396 g/mol. The fraction of sp³-hybridized carbons (Fsp3) is 0.300. The monoisotopic (exact) mass is 396 g/mol. The number of aryl methyl sites for hydroxylation is 1. The number of hydrogen-bond acceptors (Lipinski definition) is 6. The average Bonchev–Trinajstić information content (AvgIpc) is 3.39. The predicted octanol–water partition coefficient (Wildman–Crippen LogP) is 2.63. The van der Waals surface area contributed by atoms with E-state index in [9.17, 15) is 9.59 Å². The summed E-state index contributed by atoms with van der Waals surface area (Å²) in [4.78, 5) is 38.2. The van der Waals surface area contributed by atoms with E-state index < -0.39 is 0 Å². The van der Waals surface area contributed by atoms with Crippen LogP contribution in [0.2, 0.25) is 0 Å². The predicted molar refractivity (Wildman–Crippen MR) is 105 cm³/mol. The summed E-state index contributed by atoms with van der Waals surface area (Å²) >= 11 is 1.55. The van der Waals surface area contributed by atoms with E-state index in [4.69, 9.17) is 4.42 Å². The van der Waals surface area contributed by atoms with Gasteiger partial charge in [0.25, 0.3) is 5.91 Å². The fourth-order valence-electron chi connectivity index (χ4n) is 3.17. The summed E-state index contributed by atoms with van der Waals surface area (Å²) in [7, 11) is 0. The van der Waals surface area contributed by atoms with Gasteiger partial charge in [0.1, 0.15) is 5.01 Å². The summed E-state index contributed by atoms with van der Waals surface area (Å²) in [6, 6.07) is 7.19. The SMILES string of the molecule is Cc1nc(-c2ccncc2)sc1CC(=O)N1CCN(C(=O)c2ccco2)CC1. The Hall–Kier alpha value is -3.00. The van der Waals surface area contributed by atoms with Crippen LogP contribution in [-0.2, 0) is 11.2 Å². The summed E-state index contributed by atoms with van der Waals surface area (Å²) in [6.45, 7) is 4.01. The first kappa shape index (κ1) is 18.4. The lowest BCUT2D eigenvalue weighted by atomic mass is 10.2. The highest BCUT2D eigenvalue weighted by Crippen LogP contribution is 2.28. The van der Waals surface area contributed by atoms with Gasteiger partial charge in [0.2, 0.25) is 5.91 Å². The van der Waals surface area contributed by atoms with E-state index in [1.54, 1.807) is 40.8 Å². The smallest absolute Gasteiger partial charge is 0.289 e. The summed E-state index contributed by atoms with van der Waals surface area (Å²) in [5, 5.41) is 0.900. The molecule has 2 amide bonds. The third-order valence-electron chi connectivity index (χ3n) is 4.78. The Morgan fingerprint density at radius 2 is 1.82 bits per heavy atom. The zero-order valence-electron chi connectivity index (χ0n) is 15.5. The van der Waals surface area contributed by atoms with Gasteiger partial charge in [-0.05, 0) is 31.2 Å². The molecule has 1 saturated heterocycles. The molecule has 1 aliphatic heterocycles. The molecule has 3 aromatic rings. The molecule has 28 heavy (non-hydrogen) atoms. The lowest BCUT2D eigenvalue weighted by Crippen LogP contribution is -2.50. The molecule has 0 saturated carbocycles. The second kappa shape index (κ2) is 7.93. The number of hydrogen-bond donors (Lipinski definition) is 0. The quantitative estimate of drug-likeness (QED) is 0.677. The largest absolute Gasteiger partial charge is 0.459 e. The van der Waals surface area contributed by atoms with Crippen molar-refractivity contribution in [1.82, 2.24) is 19.8 Å². The zero-order valence-corrected chi connectivity index (χ0v) is 16.3. The molecular formula is C20H20N4O3S. The maximum Gasteiger partial charge on any atom is 0.289 e. The lowest BCUT2D eigenvalue weighted by Gasteiger charge is -2.34. The van der Waals surface area contributed by atoms with Crippen molar-refractivity contribution in [3.05, 3.63) is 59.3 Å². The van der Waals surface area contributed by atoms with Crippen molar-refractivity contribution in [2.45, 2.75) is 13.3 Å². The third kappa shape index (κ3) is 3.82. The van der Waals surface area contributed by atoms with Crippen LogP contribution < -0.4 is 0 Å². The minimum atomic E-state index is -0.127. The number of rotatable bonds is 4. The minimum Gasteiger partial charge on any atom is -0.459 e. The van der Waals surface area contributed by atoms with Crippen molar-refractivity contribution in [1.29, 1.82) is 0 Å². The standard InChI is InChI=1S/C20H20N4O3S/c1-14-17(28-19(22-14)15-4-6-21-7-5-15)13-18(25)23-8-10-24(11-9-23)20(26)16-3-2-12-27-16/h2-7,12H,8-11,13H2,1H3. The maximum atomic E-state index is 12.7. The third-order valence-corrected chi connectivity index (χ3v) is 5.99. The number of amides is 2. The number of furan rings is 1. The van der Waals surface area contributed by atoms with Crippen molar-refractivity contribution in [3.8, 4) is 10.6 Å². The maximum absolute atomic E-state index is 12.7. The number of carbonyl (C=O) groups is 2. The van der Waals surface area contributed by atoms with Crippen LogP contribution in [0.3, 0.4) is 0 Å². The van der Waals surface area contributed by atoms with Gasteiger partial charge in [-0.2, -0.15) is 0 Å². The molecule has 0 spiro atoms. The van der Waals surface area contributed by atoms with Crippen molar-refractivity contribution < 1.29 is 14.0 Å². The van der Waals surface area contributed by atoms with E-state index >= 15 is 0 Å². The zero-order chi connectivity index (χ0) is 19.5. The van der Waals surface area contributed by atoms with Gasteiger partial charge in [0.15, 0.2) is 5.76 Å². The van der Waals surface area contributed by atoms with Gasteiger partial charge >= 0.3 is 0 Å². The summed E-state index contributed by atoms with van der Waals surface area (Å²) in [5.74, 6) is 0.277. The van der Waals surface area contributed by atoms with Crippen LogP contribution in [0, 0.1) is 6.92 Å². The Kier molecular flexibility index (Phi) is 5.21. The highest BCUT2D eigenvalue weighted by Gasteiger charge is 2.26. The highest BCUT2D eigenvalue weighted by atomic mass is 32.1. The molecule has 0 atom stereocenters. The summed E-state index contributed by atoms with van der Waals surface area (Å²) in [6.07, 6.45) is 5.30. The van der Waals surface area contributed by atoms with Crippen LogP contribution in [0.5, 0.6) is 0 Å². The first-order valence-electron chi connectivity index (χ1n) is 9.09. The topological polar surface area (TPSA) is 79.5 Å². The van der Waals surface area contributed by atoms with Gasteiger partial charge in [0.05, 0.1) is 18.4 Å². The van der Waals surface area contributed by atoms with Crippen molar-refractivity contribution in [2.75, 3.05) is 26.2 Å². The molecule has 1 fully saturated rings. The van der Waals surface area contributed by atoms with Gasteiger partial charge < -0.3 is 14.2 Å². The van der Waals surface area contributed by atoms with Crippen molar-refractivity contribution in [2.24, 2.45) is 0 Å². The second-order valence-corrected chi connectivity index (χ2v) is 7.67. The van der Waals surface area contributed by atoms with Crippen molar-refractivity contribution >= 4 is 23.2 Å². The number of nitrogens with zero attached hydrogens (tertiary/aromatic N) is 4. The second-order valence-electron chi connectivity index (χ2n) is 6.59. The van der Waals surface area contributed by atoms with E-state index in [0.29, 0.717) is 38.4 Å². The molecule has 8 heteroatoms. The molecule has 4 heterocycles. The number of aromatic nitrogens is 2. The lowest BCUT2D eigenvalue weighted by molar-refractivity contribution is -0.131. The molecule has 4 rings (SSSR count). The van der Waals surface area contributed by atoms with Crippen LogP contribution in [0.15, 0.2) is 47.3 Å². The molecule has 0 N–H and O–H groups in total. The Morgan fingerprint density at radius 1 is 1.11 bits per heavy atom. The molecule has 0 unspecified atom stereocenters. The molecule has 3 aromatic heterocycles. The first-order chi connectivity index (χ1) is 13.6. The first-order valence-corrected chi connectivity index (χ1v) is 9.91. The Labute approximate surface area is 166 Å². The van der Waals surface area contributed by atoms with E-state index in [0.717, 1.165) is 21.1 Å². The number of piperazine rings is 1. The fourth-order valence-corrected chi connectivity index (χ4v) is 4.23.